The maximum Gasteiger partial charge on any atom is 0.251 e. The number of nitrogens with zero attached hydrogens (tertiary/aromatic N) is 3. The summed E-state index contributed by atoms with van der Waals surface area (Å²) in [6.07, 6.45) is 0.536. The number of benzene rings is 2. The van der Waals surface area contributed by atoms with Crippen LogP contribution in [0.25, 0.3) is 0 Å². The molecule has 0 aliphatic heterocycles. The van der Waals surface area contributed by atoms with Gasteiger partial charge in [0.2, 0.25) is 5.91 Å². The number of carbonyl (C=O) groups excluding carboxylic acids is 2. The zero-order valence-electron chi connectivity index (χ0n) is 17.8. The molecule has 0 bridgehead atoms. The van der Waals surface area contributed by atoms with Gasteiger partial charge >= 0.3 is 0 Å². The monoisotopic (exact) mass is 517 g/mol. The molecule has 0 spiro atoms. The Bertz CT molecular complexity index is 1050. The number of amides is 2. The van der Waals surface area contributed by atoms with E-state index in [0.29, 0.717) is 36.0 Å². The van der Waals surface area contributed by atoms with Crippen LogP contribution in [-0.4, -0.2) is 46.0 Å². The van der Waals surface area contributed by atoms with Crippen LogP contribution in [0, 0.1) is 0 Å². The van der Waals surface area contributed by atoms with Crippen LogP contribution in [-0.2, 0) is 17.8 Å². The van der Waals surface area contributed by atoms with E-state index in [1.165, 1.54) is 11.8 Å². The van der Waals surface area contributed by atoms with E-state index in [9.17, 15) is 9.59 Å². The smallest absolute Gasteiger partial charge is 0.251 e. The number of hydrogen-bond acceptors (Lipinski definition) is 6. The van der Waals surface area contributed by atoms with Gasteiger partial charge in [0.1, 0.15) is 11.6 Å². The second kappa shape index (κ2) is 11.7. The molecule has 1 heterocycles. The second-order valence-electron chi connectivity index (χ2n) is 6.72. The van der Waals surface area contributed by atoms with Crippen molar-refractivity contribution in [3.63, 3.8) is 0 Å². The summed E-state index contributed by atoms with van der Waals surface area (Å²) in [5, 5.41) is 14.9. The molecule has 8 nitrogen and oxygen atoms in total. The summed E-state index contributed by atoms with van der Waals surface area (Å²) in [5.74, 6) is 1.42. The first-order valence-electron chi connectivity index (χ1n) is 10.0. The lowest BCUT2D eigenvalue weighted by Gasteiger charge is -2.09. The minimum absolute atomic E-state index is 0.115. The molecule has 1 aromatic heterocycles. The lowest BCUT2D eigenvalue weighted by atomic mass is 10.2. The second-order valence-corrected chi connectivity index (χ2v) is 8.58. The number of aromatic nitrogens is 3. The van der Waals surface area contributed by atoms with Crippen LogP contribution in [0.1, 0.15) is 23.1 Å². The van der Waals surface area contributed by atoms with Crippen molar-refractivity contribution in [3.05, 3.63) is 64.4 Å². The summed E-state index contributed by atoms with van der Waals surface area (Å²) in [4.78, 5) is 24.5. The number of ether oxygens (including phenoxy) is 1. The number of methoxy groups -OCH3 is 1. The van der Waals surface area contributed by atoms with Crippen molar-refractivity contribution < 1.29 is 14.3 Å². The number of thioether (sulfide) groups is 1. The van der Waals surface area contributed by atoms with Crippen LogP contribution in [0.4, 0.5) is 5.69 Å². The summed E-state index contributed by atoms with van der Waals surface area (Å²) < 4.78 is 8.01. The lowest BCUT2D eigenvalue weighted by Crippen LogP contribution is -2.26. The van der Waals surface area contributed by atoms with Gasteiger partial charge in [-0.2, -0.15) is 0 Å². The molecule has 0 aliphatic rings. The molecule has 32 heavy (non-hydrogen) atoms. The highest BCUT2D eigenvalue weighted by Gasteiger charge is 2.14. The summed E-state index contributed by atoms with van der Waals surface area (Å²) in [6.45, 7) is 3.10. The van der Waals surface area contributed by atoms with E-state index in [0.717, 1.165) is 16.0 Å². The van der Waals surface area contributed by atoms with Crippen LogP contribution < -0.4 is 15.4 Å². The Labute approximate surface area is 199 Å². The van der Waals surface area contributed by atoms with Crippen LogP contribution in [0.5, 0.6) is 5.75 Å². The highest BCUT2D eigenvalue weighted by Crippen LogP contribution is 2.19. The van der Waals surface area contributed by atoms with Gasteiger partial charge in [0.25, 0.3) is 5.91 Å². The number of carbonyl (C=O) groups is 2. The Balaban J connectivity index is 1.49. The van der Waals surface area contributed by atoms with Gasteiger partial charge in [-0.15, -0.1) is 10.2 Å². The molecule has 3 rings (SSSR count). The van der Waals surface area contributed by atoms with Gasteiger partial charge in [-0.3, -0.25) is 9.59 Å². The third kappa shape index (κ3) is 6.57. The maximum atomic E-state index is 12.3. The molecule has 2 aromatic carbocycles. The quantitative estimate of drug-likeness (QED) is 0.397. The topological polar surface area (TPSA) is 98.1 Å². The molecular weight excluding hydrogens is 494 g/mol. The molecule has 0 unspecified atom stereocenters. The Kier molecular flexibility index (Phi) is 8.69. The molecule has 0 fully saturated rings. The van der Waals surface area contributed by atoms with E-state index < -0.39 is 0 Å². The predicted molar refractivity (Wildman–Crippen MR) is 128 cm³/mol. The summed E-state index contributed by atoms with van der Waals surface area (Å²) >= 11 is 4.70. The third-order valence-electron chi connectivity index (χ3n) is 4.56. The number of halogens is 1. The Morgan fingerprint density at radius 1 is 1.09 bits per heavy atom. The molecule has 0 atom stereocenters. The average Bonchev–Trinajstić information content (AvgIpc) is 3.21. The third-order valence-corrected chi connectivity index (χ3v) is 6.05. The SMILES string of the molecule is CCn1c(CCNC(=O)c2ccc(OC)cc2)nnc1SCC(=O)Nc1ccc(Br)cc1. The van der Waals surface area contributed by atoms with E-state index in [4.69, 9.17) is 4.74 Å². The molecule has 0 saturated carbocycles. The fourth-order valence-electron chi connectivity index (χ4n) is 2.92. The van der Waals surface area contributed by atoms with Crippen molar-refractivity contribution in [2.75, 3.05) is 24.7 Å². The predicted octanol–water partition coefficient (Wildman–Crippen LogP) is 3.77. The largest absolute Gasteiger partial charge is 0.497 e. The van der Waals surface area contributed by atoms with Crippen LogP contribution in [0.15, 0.2) is 58.2 Å². The summed E-state index contributed by atoms with van der Waals surface area (Å²) in [7, 11) is 1.58. The summed E-state index contributed by atoms with van der Waals surface area (Å²) in [5.41, 5.74) is 1.31. The van der Waals surface area contributed by atoms with Crippen molar-refractivity contribution in [1.29, 1.82) is 0 Å². The van der Waals surface area contributed by atoms with Gasteiger partial charge in [0, 0.05) is 35.2 Å². The molecule has 3 aromatic rings. The van der Waals surface area contributed by atoms with Crippen LogP contribution >= 0.6 is 27.7 Å². The van der Waals surface area contributed by atoms with Gasteiger partial charge < -0.3 is 19.9 Å². The first-order chi connectivity index (χ1) is 15.5. The van der Waals surface area contributed by atoms with E-state index in [2.05, 4.69) is 36.8 Å². The van der Waals surface area contributed by atoms with Crippen molar-refractivity contribution in [1.82, 2.24) is 20.1 Å². The van der Waals surface area contributed by atoms with Crippen LogP contribution in [0.2, 0.25) is 0 Å². The van der Waals surface area contributed by atoms with Gasteiger partial charge in [-0.1, -0.05) is 27.7 Å². The zero-order valence-corrected chi connectivity index (χ0v) is 20.2. The highest BCUT2D eigenvalue weighted by molar-refractivity contribution is 9.10. The molecule has 0 aliphatic carbocycles. The standard InChI is InChI=1S/C22H24BrN5O3S/c1-3-28-19(12-13-24-21(30)15-4-10-18(31-2)11-5-15)26-27-22(28)32-14-20(29)25-17-8-6-16(23)7-9-17/h4-11H,3,12-14H2,1-2H3,(H,24,30)(H,25,29). The van der Waals surface area contributed by atoms with Crippen molar-refractivity contribution in [2.24, 2.45) is 0 Å². The van der Waals surface area contributed by atoms with E-state index in [1.807, 2.05) is 35.8 Å². The molecule has 2 amide bonds. The summed E-state index contributed by atoms with van der Waals surface area (Å²) in [6, 6.07) is 14.3. The lowest BCUT2D eigenvalue weighted by molar-refractivity contribution is -0.113. The number of rotatable bonds is 10. The normalized spacial score (nSPS) is 10.6. The molecule has 168 valence electrons. The van der Waals surface area contributed by atoms with Crippen molar-refractivity contribution >= 4 is 45.2 Å². The molecule has 2 N–H and O–H groups in total. The molecular formula is C22H24BrN5O3S. The minimum Gasteiger partial charge on any atom is -0.497 e. The van der Waals surface area contributed by atoms with Gasteiger partial charge in [0.05, 0.1) is 12.9 Å². The van der Waals surface area contributed by atoms with Gasteiger partial charge in [0.15, 0.2) is 5.16 Å². The number of nitrogens with one attached hydrogen (secondary N) is 2. The van der Waals surface area contributed by atoms with E-state index in [-0.39, 0.29) is 17.6 Å². The fourth-order valence-corrected chi connectivity index (χ4v) is 4.01. The Hall–Kier alpha value is -2.85. The maximum absolute atomic E-state index is 12.3. The first-order valence-corrected chi connectivity index (χ1v) is 11.8. The minimum atomic E-state index is -0.158. The number of anilines is 1. The molecule has 0 radical (unpaired) electrons. The van der Waals surface area contributed by atoms with Crippen molar-refractivity contribution in [2.45, 2.75) is 25.0 Å². The van der Waals surface area contributed by atoms with Gasteiger partial charge in [-0.05, 0) is 55.5 Å². The molecule has 10 heteroatoms. The average molecular weight is 518 g/mol. The van der Waals surface area contributed by atoms with E-state index in [1.54, 1.807) is 31.4 Å². The van der Waals surface area contributed by atoms with Crippen LogP contribution in [0.3, 0.4) is 0 Å². The zero-order chi connectivity index (χ0) is 22.9. The Morgan fingerprint density at radius 2 is 1.81 bits per heavy atom. The number of hydrogen-bond donors (Lipinski definition) is 2. The Morgan fingerprint density at radius 3 is 2.47 bits per heavy atom. The highest BCUT2D eigenvalue weighted by atomic mass is 79.9. The van der Waals surface area contributed by atoms with Crippen molar-refractivity contribution in [3.8, 4) is 5.75 Å². The van der Waals surface area contributed by atoms with E-state index >= 15 is 0 Å². The fraction of sp³-hybridized carbons (Fsp3) is 0.273. The first kappa shape index (κ1) is 23.8. The molecule has 0 saturated heterocycles. The van der Waals surface area contributed by atoms with Gasteiger partial charge in [-0.25, -0.2) is 0 Å².